The fraction of sp³-hybridized carbons (Fsp3) is 0.148. The lowest BCUT2D eigenvalue weighted by Crippen LogP contribution is -2.15. The third-order valence-corrected chi connectivity index (χ3v) is 7.28. The summed E-state index contributed by atoms with van der Waals surface area (Å²) in [5.74, 6) is -0.273. The number of nitrogens with zero attached hydrogens (tertiary/aromatic N) is 4. The molecule has 2 aromatic carbocycles. The summed E-state index contributed by atoms with van der Waals surface area (Å²) in [6.07, 6.45) is -1.82. The van der Waals surface area contributed by atoms with Gasteiger partial charge in [-0.3, -0.25) is 14.9 Å². The molecule has 1 N–H and O–H groups in total. The van der Waals surface area contributed by atoms with Gasteiger partial charge in [0.25, 0.3) is 11.6 Å². The van der Waals surface area contributed by atoms with Gasteiger partial charge < -0.3 is 10.1 Å². The summed E-state index contributed by atoms with van der Waals surface area (Å²) >= 11 is 1.22. The van der Waals surface area contributed by atoms with Crippen LogP contribution in [0.15, 0.2) is 66.0 Å². The molecule has 1 aliphatic carbocycles. The van der Waals surface area contributed by atoms with E-state index < -0.39 is 22.7 Å². The number of nitrogens with one attached hydrogen (secondary N) is 1. The normalized spacial score (nSPS) is 12.9. The Morgan fingerprint density at radius 3 is 2.62 bits per heavy atom. The van der Waals surface area contributed by atoms with Crippen LogP contribution in [0, 0.1) is 10.1 Å². The van der Waals surface area contributed by atoms with Crippen LogP contribution in [-0.4, -0.2) is 25.4 Å². The smallest absolute Gasteiger partial charge is 0.433 e. The number of aromatic nitrogens is 3. The van der Waals surface area contributed by atoms with E-state index in [1.54, 1.807) is 23.6 Å². The fourth-order valence-electron chi connectivity index (χ4n) is 4.60. The summed E-state index contributed by atoms with van der Waals surface area (Å²) < 4.78 is 48.0. The summed E-state index contributed by atoms with van der Waals surface area (Å²) in [5, 5.41) is 19.6. The Balaban J connectivity index is 1.32. The summed E-state index contributed by atoms with van der Waals surface area (Å²) in [6.45, 7) is 0. The molecule has 0 radical (unpaired) electrons. The first kappa shape index (κ1) is 25.5. The minimum absolute atomic E-state index is 0.00990. The number of hydrogen-bond donors (Lipinski definition) is 1. The lowest BCUT2D eigenvalue weighted by molar-refractivity contribution is -0.384. The fourth-order valence-corrected chi connectivity index (χ4v) is 5.29. The van der Waals surface area contributed by atoms with E-state index in [9.17, 15) is 28.1 Å². The van der Waals surface area contributed by atoms with Crippen LogP contribution in [0.3, 0.4) is 0 Å². The van der Waals surface area contributed by atoms with Crippen LogP contribution in [0.2, 0.25) is 0 Å². The van der Waals surface area contributed by atoms with E-state index in [0.717, 1.165) is 43.0 Å². The second-order valence-electron chi connectivity index (χ2n) is 9.11. The molecule has 0 fully saturated rings. The van der Waals surface area contributed by atoms with Gasteiger partial charge in [0.15, 0.2) is 17.0 Å². The van der Waals surface area contributed by atoms with Crippen LogP contribution >= 0.6 is 11.3 Å². The van der Waals surface area contributed by atoms with Gasteiger partial charge in [-0.25, -0.2) is 9.50 Å². The van der Waals surface area contributed by atoms with E-state index in [4.69, 9.17) is 4.74 Å². The number of aryl methyl sites for hydroxylation is 2. The van der Waals surface area contributed by atoms with Crippen LogP contribution in [-0.2, 0) is 19.0 Å². The van der Waals surface area contributed by atoms with Gasteiger partial charge in [0.2, 0.25) is 0 Å². The Hall–Kier alpha value is -4.78. The Labute approximate surface area is 228 Å². The van der Waals surface area contributed by atoms with Gasteiger partial charge in [-0.15, -0.1) is 11.3 Å². The van der Waals surface area contributed by atoms with Gasteiger partial charge in [0.1, 0.15) is 11.5 Å². The lowest BCUT2D eigenvalue weighted by atomic mass is 10.1. The molecule has 202 valence electrons. The van der Waals surface area contributed by atoms with Gasteiger partial charge in [-0.2, -0.15) is 18.3 Å². The van der Waals surface area contributed by atoms with E-state index in [1.807, 2.05) is 12.1 Å². The number of fused-ring (bicyclic) bond motifs is 2. The highest BCUT2D eigenvalue weighted by atomic mass is 32.1. The molecular formula is C27H18F3N5O4S. The number of amides is 1. The molecular weight excluding hydrogens is 547 g/mol. The summed E-state index contributed by atoms with van der Waals surface area (Å²) in [7, 11) is 0. The van der Waals surface area contributed by atoms with E-state index in [2.05, 4.69) is 15.4 Å². The van der Waals surface area contributed by atoms with E-state index in [0.29, 0.717) is 15.1 Å². The lowest BCUT2D eigenvalue weighted by Gasteiger charge is -2.10. The van der Waals surface area contributed by atoms with Crippen molar-refractivity contribution < 1.29 is 27.6 Å². The third-order valence-electron chi connectivity index (χ3n) is 6.39. The minimum Gasteiger partial charge on any atom is -0.457 e. The number of carbonyl (C=O) groups excluding carboxylic acids is 1. The maximum Gasteiger partial charge on any atom is 0.433 e. The highest BCUT2D eigenvalue weighted by molar-refractivity contribution is 7.13. The van der Waals surface area contributed by atoms with Gasteiger partial charge in [-0.1, -0.05) is 12.1 Å². The zero-order valence-corrected chi connectivity index (χ0v) is 21.3. The summed E-state index contributed by atoms with van der Waals surface area (Å²) in [4.78, 5) is 28.7. The third kappa shape index (κ3) is 4.98. The predicted molar refractivity (Wildman–Crippen MR) is 141 cm³/mol. The predicted octanol–water partition coefficient (Wildman–Crippen LogP) is 6.92. The van der Waals surface area contributed by atoms with Crippen molar-refractivity contribution in [2.24, 2.45) is 0 Å². The highest BCUT2D eigenvalue weighted by Crippen LogP contribution is 2.35. The quantitative estimate of drug-likeness (QED) is 0.177. The Morgan fingerprint density at radius 2 is 1.88 bits per heavy atom. The van der Waals surface area contributed by atoms with Crippen molar-refractivity contribution in [3.05, 3.63) is 98.7 Å². The Bertz CT molecular complexity index is 1780. The van der Waals surface area contributed by atoms with E-state index in [-0.39, 0.29) is 34.2 Å². The van der Waals surface area contributed by atoms with Crippen molar-refractivity contribution in [2.75, 3.05) is 5.32 Å². The number of benzene rings is 2. The number of non-ortho nitro benzene ring substituents is 1. The number of thiophene rings is 1. The second kappa shape index (κ2) is 9.75. The number of anilines is 1. The Kier molecular flexibility index (Phi) is 6.22. The first-order valence-corrected chi connectivity index (χ1v) is 12.9. The summed E-state index contributed by atoms with van der Waals surface area (Å²) in [5.41, 5.74) is 0.516. The molecule has 3 heterocycles. The molecule has 3 aromatic heterocycles. The van der Waals surface area contributed by atoms with Crippen molar-refractivity contribution in [1.82, 2.24) is 14.6 Å². The van der Waals surface area contributed by atoms with Gasteiger partial charge >= 0.3 is 6.18 Å². The molecule has 9 nitrogen and oxygen atoms in total. The summed E-state index contributed by atoms with van der Waals surface area (Å²) in [6, 6.07) is 14.7. The van der Waals surface area contributed by atoms with Gasteiger partial charge in [-0.05, 0) is 60.0 Å². The molecule has 6 rings (SSSR count). The van der Waals surface area contributed by atoms with Crippen molar-refractivity contribution >= 4 is 34.3 Å². The second-order valence-corrected chi connectivity index (χ2v) is 10.1. The van der Waals surface area contributed by atoms with Crippen molar-refractivity contribution in [2.45, 2.75) is 25.4 Å². The number of nitro groups is 1. The molecule has 40 heavy (non-hydrogen) atoms. The number of rotatable bonds is 6. The average molecular weight is 566 g/mol. The topological polar surface area (TPSA) is 112 Å². The van der Waals surface area contributed by atoms with Crippen LogP contribution in [0.5, 0.6) is 11.5 Å². The highest BCUT2D eigenvalue weighted by Gasteiger charge is 2.36. The van der Waals surface area contributed by atoms with Crippen LogP contribution in [0.4, 0.5) is 24.5 Å². The Morgan fingerprint density at radius 1 is 1.05 bits per heavy atom. The van der Waals surface area contributed by atoms with Crippen molar-refractivity contribution in [1.29, 1.82) is 0 Å². The largest absolute Gasteiger partial charge is 0.457 e. The number of halogens is 3. The molecule has 5 aromatic rings. The maximum absolute atomic E-state index is 13.8. The number of carbonyl (C=O) groups is 1. The minimum atomic E-state index is -4.77. The monoisotopic (exact) mass is 565 g/mol. The van der Waals surface area contributed by atoms with Crippen LogP contribution < -0.4 is 10.1 Å². The molecule has 0 atom stereocenters. The molecule has 13 heteroatoms. The zero-order chi connectivity index (χ0) is 28.0. The first-order chi connectivity index (χ1) is 19.1. The number of alkyl halides is 3. The zero-order valence-electron chi connectivity index (χ0n) is 20.4. The number of nitro benzene ring substituents is 1. The van der Waals surface area contributed by atoms with E-state index in [1.165, 1.54) is 29.0 Å². The van der Waals surface area contributed by atoms with E-state index >= 15 is 0 Å². The van der Waals surface area contributed by atoms with Gasteiger partial charge in [0.05, 0.1) is 27.2 Å². The van der Waals surface area contributed by atoms with Crippen LogP contribution in [0.1, 0.15) is 33.7 Å². The molecule has 0 bridgehead atoms. The molecule has 0 unspecified atom stereocenters. The number of hydrogen-bond acceptors (Lipinski definition) is 7. The molecule has 0 spiro atoms. The maximum atomic E-state index is 13.8. The molecule has 1 amide bonds. The standard InChI is InChI=1S/C27H18F3N5O4S/c28-27(29,30)24-13-21(23-5-2-8-40-23)32-25-14-22(33-34(24)25)26(36)31-17-10-18(35(37)38)12-20(11-17)39-19-7-6-15-3-1-4-16(15)9-19/h2,5-14H,1,3-4H2,(H,31,36). The van der Waals surface area contributed by atoms with Crippen molar-refractivity contribution in [3.8, 4) is 22.1 Å². The number of ether oxygens (including phenoxy) is 1. The van der Waals surface area contributed by atoms with Gasteiger partial charge in [0, 0.05) is 18.2 Å². The molecule has 1 aliphatic rings. The van der Waals surface area contributed by atoms with Crippen molar-refractivity contribution in [3.63, 3.8) is 0 Å². The first-order valence-electron chi connectivity index (χ1n) is 12.1. The molecule has 0 saturated carbocycles. The molecule has 0 saturated heterocycles. The average Bonchev–Trinajstić information content (AvgIpc) is 3.67. The van der Waals surface area contributed by atoms with Crippen LogP contribution in [0.25, 0.3) is 16.2 Å². The SMILES string of the molecule is O=C(Nc1cc(Oc2ccc3c(c2)CCC3)cc([N+](=O)[O-])c1)c1cc2nc(-c3cccs3)cc(C(F)(F)F)n2n1. The molecule has 0 aliphatic heterocycles.